The zero-order valence-corrected chi connectivity index (χ0v) is 13.9. The molecule has 0 fully saturated rings. The largest absolute Gasteiger partial charge is 0.325 e. The second-order valence-electron chi connectivity index (χ2n) is 5.18. The number of hydrogen-bond donors (Lipinski definition) is 1. The fourth-order valence-electron chi connectivity index (χ4n) is 2.27. The summed E-state index contributed by atoms with van der Waals surface area (Å²) in [6.07, 6.45) is 4.12. The molecule has 1 N–H and O–H groups in total. The molecule has 0 aromatic heterocycles. The minimum Gasteiger partial charge on any atom is -0.325 e. The number of halogens is 1. The summed E-state index contributed by atoms with van der Waals surface area (Å²) in [6.45, 7) is 8.32. The van der Waals surface area contributed by atoms with Crippen LogP contribution in [0.2, 0.25) is 0 Å². The van der Waals surface area contributed by atoms with E-state index in [0.717, 1.165) is 41.4 Å². The van der Waals surface area contributed by atoms with Crippen molar-refractivity contribution in [3.05, 3.63) is 27.7 Å². The Kier molecular flexibility index (Phi) is 6.56. The fourth-order valence-corrected chi connectivity index (χ4v) is 3.04. The van der Waals surface area contributed by atoms with Crippen LogP contribution in [-0.4, -0.2) is 5.91 Å². The number of hydrogen-bond acceptors (Lipinski definition) is 1. The molecule has 0 aliphatic heterocycles. The SMILES string of the molecule is CCCCC(CC)C(=O)Nc1c(C)cc(C)cc1Br. The maximum absolute atomic E-state index is 12.3. The molecule has 1 aromatic rings. The molecule has 0 saturated heterocycles. The maximum Gasteiger partial charge on any atom is 0.227 e. The molecular weight excluding hydrogens is 302 g/mol. The fraction of sp³-hybridized carbons (Fsp3) is 0.562. The first-order valence-corrected chi connectivity index (χ1v) is 7.86. The lowest BCUT2D eigenvalue weighted by Gasteiger charge is -2.17. The van der Waals surface area contributed by atoms with Crippen molar-refractivity contribution in [3.8, 4) is 0 Å². The number of nitrogens with one attached hydrogen (secondary N) is 1. The van der Waals surface area contributed by atoms with Gasteiger partial charge in [-0.05, 0) is 59.8 Å². The molecule has 0 aliphatic carbocycles. The summed E-state index contributed by atoms with van der Waals surface area (Å²) < 4.78 is 0.962. The molecule has 0 saturated carbocycles. The number of carbonyl (C=O) groups excluding carboxylic acids is 1. The second-order valence-corrected chi connectivity index (χ2v) is 6.03. The van der Waals surface area contributed by atoms with Crippen molar-refractivity contribution in [2.24, 2.45) is 5.92 Å². The molecule has 0 bridgehead atoms. The zero-order valence-electron chi connectivity index (χ0n) is 12.3. The van der Waals surface area contributed by atoms with E-state index in [1.807, 2.05) is 13.0 Å². The molecule has 0 aliphatic rings. The van der Waals surface area contributed by atoms with Crippen molar-refractivity contribution < 1.29 is 4.79 Å². The topological polar surface area (TPSA) is 29.1 Å². The Labute approximate surface area is 125 Å². The van der Waals surface area contributed by atoms with Gasteiger partial charge in [-0.15, -0.1) is 0 Å². The maximum atomic E-state index is 12.3. The van der Waals surface area contributed by atoms with Crippen LogP contribution in [-0.2, 0) is 4.79 Å². The van der Waals surface area contributed by atoms with E-state index < -0.39 is 0 Å². The van der Waals surface area contributed by atoms with Gasteiger partial charge in [0, 0.05) is 10.4 Å². The van der Waals surface area contributed by atoms with Gasteiger partial charge in [-0.25, -0.2) is 0 Å². The molecule has 19 heavy (non-hydrogen) atoms. The zero-order chi connectivity index (χ0) is 14.4. The molecule has 1 aromatic carbocycles. The average Bonchev–Trinajstić information content (AvgIpc) is 2.34. The predicted octanol–water partition coefficient (Wildman–Crippen LogP) is 5.22. The first-order chi connectivity index (χ1) is 8.99. The Morgan fingerprint density at radius 2 is 2.00 bits per heavy atom. The molecule has 0 heterocycles. The van der Waals surface area contributed by atoms with Gasteiger partial charge in [0.05, 0.1) is 5.69 Å². The highest BCUT2D eigenvalue weighted by molar-refractivity contribution is 9.10. The molecule has 0 radical (unpaired) electrons. The van der Waals surface area contributed by atoms with E-state index in [4.69, 9.17) is 0 Å². The van der Waals surface area contributed by atoms with Crippen LogP contribution in [0.1, 0.15) is 50.7 Å². The average molecular weight is 326 g/mol. The van der Waals surface area contributed by atoms with Crippen LogP contribution in [0, 0.1) is 19.8 Å². The number of anilines is 1. The van der Waals surface area contributed by atoms with E-state index in [0.29, 0.717) is 0 Å². The Bertz CT molecular complexity index is 419. The van der Waals surface area contributed by atoms with Gasteiger partial charge in [0.15, 0.2) is 0 Å². The van der Waals surface area contributed by atoms with Crippen LogP contribution >= 0.6 is 15.9 Å². The van der Waals surface area contributed by atoms with Gasteiger partial charge in [-0.1, -0.05) is 32.8 Å². The first-order valence-electron chi connectivity index (χ1n) is 7.07. The highest BCUT2D eigenvalue weighted by Gasteiger charge is 2.17. The molecule has 0 spiro atoms. The van der Waals surface area contributed by atoms with Crippen molar-refractivity contribution in [1.82, 2.24) is 0 Å². The number of benzene rings is 1. The predicted molar refractivity (Wildman–Crippen MR) is 85.6 cm³/mol. The molecular formula is C16H24BrNO. The van der Waals surface area contributed by atoms with Crippen LogP contribution in [0.25, 0.3) is 0 Å². The number of rotatable bonds is 6. The van der Waals surface area contributed by atoms with Gasteiger partial charge in [0.25, 0.3) is 0 Å². The summed E-state index contributed by atoms with van der Waals surface area (Å²) in [5.74, 6) is 0.260. The number of carbonyl (C=O) groups is 1. The van der Waals surface area contributed by atoms with Gasteiger partial charge in [-0.2, -0.15) is 0 Å². The second kappa shape index (κ2) is 7.68. The van der Waals surface area contributed by atoms with Gasteiger partial charge < -0.3 is 5.32 Å². The van der Waals surface area contributed by atoms with E-state index in [1.165, 1.54) is 5.56 Å². The summed E-state index contributed by atoms with van der Waals surface area (Å²) in [5.41, 5.74) is 3.21. The van der Waals surface area contributed by atoms with Crippen molar-refractivity contribution in [1.29, 1.82) is 0 Å². The summed E-state index contributed by atoms with van der Waals surface area (Å²) >= 11 is 3.54. The summed E-state index contributed by atoms with van der Waals surface area (Å²) in [7, 11) is 0. The molecule has 1 unspecified atom stereocenters. The minimum absolute atomic E-state index is 0.118. The molecule has 106 valence electrons. The summed E-state index contributed by atoms with van der Waals surface area (Å²) in [4.78, 5) is 12.3. The monoisotopic (exact) mass is 325 g/mol. The third-order valence-corrected chi connectivity index (χ3v) is 4.08. The smallest absolute Gasteiger partial charge is 0.227 e. The number of aryl methyl sites for hydroxylation is 2. The van der Waals surface area contributed by atoms with E-state index in [9.17, 15) is 4.79 Å². The lowest BCUT2D eigenvalue weighted by Crippen LogP contribution is -2.23. The third-order valence-electron chi connectivity index (χ3n) is 3.45. The lowest BCUT2D eigenvalue weighted by molar-refractivity contribution is -0.120. The quantitative estimate of drug-likeness (QED) is 0.763. The normalized spacial score (nSPS) is 12.3. The Morgan fingerprint density at radius 1 is 1.32 bits per heavy atom. The number of unbranched alkanes of at least 4 members (excludes halogenated alkanes) is 1. The highest BCUT2D eigenvalue weighted by Crippen LogP contribution is 2.28. The highest BCUT2D eigenvalue weighted by atomic mass is 79.9. The van der Waals surface area contributed by atoms with E-state index >= 15 is 0 Å². The van der Waals surface area contributed by atoms with Gasteiger partial charge in [0.2, 0.25) is 5.91 Å². The van der Waals surface area contributed by atoms with Gasteiger partial charge in [0.1, 0.15) is 0 Å². The van der Waals surface area contributed by atoms with Crippen LogP contribution in [0.3, 0.4) is 0 Å². The van der Waals surface area contributed by atoms with Gasteiger partial charge in [-0.3, -0.25) is 4.79 Å². The summed E-state index contributed by atoms with van der Waals surface area (Å²) in [5, 5.41) is 3.08. The Balaban J connectivity index is 2.81. The first kappa shape index (κ1) is 16.2. The van der Waals surface area contributed by atoms with Crippen molar-refractivity contribution >= 4 is 27.5 Å². The van der Waals surface area contributed by atoms with Crippen LogP contribution in [0.5, 0.6) is 0 Å². The lowest BCUT2D eigenvalue weighted by atomic mass is 9.98. The molecule has 2 nitrogen and oxygen atoms in total. The van der Waals surface area contributed by atoms with Crippen molar-refractivity contribution in [2.45, 2.75) is 53.4 Å². The molecule has 3 heteroatoms. The third kappa shape index (κ3) is 4.64. The van der Waals surface area contributed by atoms with Crippen LogP contribution in [0.15, 0.2) is 16.6 Å². The molecule has 1 rings (SSSR count). The van der Waals surface area contributed by atoms with E-state index in [2.05, 4.69) is 48.1 Å². The van der Waals surface area contributed by atoms with Crippen LogP contribution < -0.4 is 5.32 Å². The van der Waals surface area contributed by atoms with Crippen molar-refractivity contribution in [3.63, 3.8) is 0 Å². The molecule has 1 atom stereocenters. The van der Waals surface area contributed by atoms with Crippen molar-refractivity contribution in [2.75, 3.05) is 5.32 Å². The number of amides is 1. The van der Waals surface area contributed by atoms with E-state index in [1.54, 1.807) is 0 Å². The Hall–Kier alpha value is -0.830. The minimum atomic E-state index is 0.118. The summed E-state index contributed by atoms with van der Waals surface area (Å²) in [6, 6.07) is 4.13. The standard InChI is InChI=1S/C16H24BrNO/c1-5-7-8-13(6-2)16(19)18-15-12(4)9-11(3)10-14(15)17/h9-10,13H,5-8H2,1-4H3,(H,18,19). The molecule has 1 amide bonds. The Morgan fingerprint density at radius 3 is 2.53 bits per heavy atom. The van der Waals surface area contributed by atoms with E-state index in [-0.39, 0.29) is 11.8 Å². The van der Waals surface area contributed by atoms with Gasteiger partial charge >= 0.3 is 0 Å². The van der Waals surface area contributed by atoms with Crippen LogP contribution in [0.4, 0.5) is 5.69 Å².